The summed E-state index contributed by atoms with van der Waals surface area (Å²) in [6.45, 7) is 2.22. The molecule has 0 amide bonds. The Labute approximate surface area is 120 Å². The second-order valence-corrected chi connectivity index (χ2v) is 6.93. The third kappa shape index (κ3) is 2.21. The molecule has 3 rings (SSSR count). The van der Waals surface area contributed by atoms with Gasteiger partial charge in [-0.15, -0.1) is 0 Å². The van der Waals surface area contributed by atoms with Crippen LogP contribution in [-0.2, 0) is 14.3 Å². The quantitative estimate of drug-likeness (QED) is 0.318. The molecule has 20 heavy (non-hydrogen) atoms. The molecule has 1 saturated carbocycles. The van der Waals surface area contributed by atoms with Gasteiger partial charge in [0.25, 0.3) is 0 Å². The summed E-state index contributed by atoms with van der Waals surface area (Å²) in [5.74, 6) is -0.497. The molecule has 2 fully saturated rings. The van der Waals surface area contributed by atoms with Crippen molar-refractivity contribution in [2.75, 3.05) is 0 Å². The van der Waals surface area contributed by atoms with Gasteiger partial charge < -0.3 is 4.74 Å². The van der Waals surface area contributed by atoms with Crippen molar-refractivity contribution >= 4 is 11.9 Å². The van der Waals surface area contributed by atoms with E-state index in [1.54, 1.807) is 0 Å². The van der Waals surface area contributed by atoms with Crippen molar-refractivity contribution in [1.29, 1.82) is 0 Å². The van der Waals surface area contributed by atoms with Crippen LogP contribution in [0.15, 0.2) is 12.2 Å². The van der Waals surface area contributed by atoms with Crippen LogP contribution in [0.2, 0.25) is 0 Å². The fraction of sp³-hybridized carbons (Fsp3) is 0.765. The third-order valence-electron chi connectivity index (χ3n) is 5.77. The van der Waals surface area contributed by atoms with E-state index in [-0.39, 0.29) is 29.2 Å². The van der Waals surface area contributed by atoms with Gasteiger partial charge in [0.2, 0.25) is 0 Å². The molecule has 1 heterocycles. The van der Waals surface area contributed by atoms with Crippen molar-refractivity contribution in [3.63, 3.8) is 0 Å². The number of rotatable bonds is 1. The van der Waals surface area contributed by atoms with Gasteiger partial charge in [-0.3, -0.25) is 9.59 Å². The molecule has 1 saturated heterocycles. The van der Waals surface area contributed by atoms with Gasteiger partial charge in [0.15, 0.2) is 0 Å². The van der Waals surface area contributed by atoms with E-state index in [0.29, 0.717) is 12.3 Å². The molecule has 0 radical (unpaired) electrons. The van der Waals surface area contributed by atoms with Crippen molar-refractivity contribution in [3.8, 4) is 0 Å². The number of carbonyl (C=O) groups is 2. The molecule has 0 N–H and O–H groups in total. The van der Waals surface area contributed by atoms with Crippen molar-refractivity contribution in [1.82, 2.24) is 0 Å². The molecule has 3 atom stereocenters. The maximum Gasteiger partial charge on any atom is 0.318 e. The predicted molar refractivity (Wildman–Crippen MR) is 75.8 cm³/mol. The Kier molecular flexibility index (Phi) is 3.70. The highest BCUT2D eigenvalue weighted by molar-refractivity contribution is 5.97. The van der Waals surface area contributed by atoms with E-state index < -0.39 is 0 Å². The molecular formula is C17H24O3. The standard InChI is InChI=1S/C17H24O3/c1-17(12-8-4-2-3-5-9-12)11-7-6-10-13-14(17)16(19)20-15(13)18/h6-7,12-14H,2-5,8-11H2,1H3. The Balaban J connectivity index is 1.93. The third-order valence-corrected chi connectivity index (χ3v) is 5.77. The molecule has 3 nitrogen and oxygen atoms in total. The van der Waals surface area contributed by atoms with Crippen LogP contribution in [0.5, 0.6) is 0 Å². The highest BCUT2D eigenvalue weighted by atomic mass is 16.6. The van der Waals surface area contributed by atoms with Crippen molar-refractivity contribution in [3.05, 3.63) is 12.2 Å². The van der Waals surface area contributed by atoms with E-state index in [4.69, 9.17) is 4.74 Å². The highest BCUT2D eigenvalue weighted by Gasteiger charge is 2.55. The molecule has 3 heteroatoms. The number of cyclic esters (lactones) is 2. The van der Waals surface area contributed by atoms with Crippen molar-refractivity contribution in [2.24, 2.45) is 23.2 Å². The van der Waals surface area contributed by atoms with Gasteiger partial charge in [-0.25, -0.2) is 0 Å². The number of carbonyl (C=O) groups excluding carboxylic acids is 2. The SMILES string of the molecule is CC1(C2CCCCCC2)CC=CCC2C(=O)OC(=O)C21. The predicted octanol–water partition coefficient (Wildman–Crippen LogP) is 3.63. The first kappa shape index (κ1) is 13.8. The van der Waals surface area contributed by atoms with Gasteiger partial charge in [-0.05, 0) is 37.0 Å². The molecule has 2 aliphatic carbocycles. The molecule has 3 aliphatic rings. The van der Waals surface area contributed by atoms with Crippen LogP contribution in [0.4, 0.5) is 0 Å². The zero-order valence-electron chi connectivity index (χ0n) is 12.3. The van der Waals surface area contributed by atoms with Gasteiger partial charge in [0, 0.05) is 0 Å². The van der Waals surface area contributed by atoms with Crippen LogP contribution >= 0.6 is 0 Å². The van der Waals surface area contributed by atoms with Crippen LogP contribution in [0.3, 0.4) is 0 Å². The number of allylic oxidation sites excluding steroid dienone is 2. The van der Waals surface area contributed by atoms with E-state index >= 15 is 0 Å². The van der Waals surface area contributed by atoms with Gasteiger partial charge in [0.05, 0.1) is 11.8 Å². The summed E-state index contributed by atoms with van der Waals surface area (Å²) in [6, 6.07) is 0. The number of hydrogen-bond acceptors (Lipinski definition) is 3. The van der Waals surface area contributed by atoms with Crippen LogP contribution in [0.25, 0.3) is 0 Å². The van der Waals surface area contributed by atoms with Crippen LogP contribution in [-0.4, -0.2) is 11.9 Å². The summed E-state index contributed by atoms with van der Waals surface area (Å²) in [5.41, 5.74) is -0.106. The Morgan fingerprint density at radius 1 is 1.05 bits per heavy atom. The number of fused-ring (bicyclic) bond motifs is 1. The zero-order valence-corrected chi connectivity index (χ0v) is 12.3. The van der Waals surface area contributed by atoms with E-state index in [2.05, 4.69) is 19.1 Å². The molecule has 0 spiro atoms. The van der Waals surface area contributed by atoms with E-state index in [1.807, 2.05) is 0 Å². The normalized spacial score (nSPS) is 39.0. The topological polar surface area (TPSA) is 43.4 Å². The number of esters is 2. The maximum absolute atomic E-state index is 12.2. The molecule has 110 valence electrons. The fourth-order valence-electron chi connectivity index (χ4n) is 4.57. The van der Waals surface area contributed by atoms with E-state index in [9.17, 15) is 9.59 Å². The summed E-state index contributed by atoms with van der Waals surface area (Å²) < 4.78 is 4.97. The lowest BCUT2D eigenvalue weighted by Gasteiger charge is -2.40. The summed E-state index contributed by atoms with van der Waals surface area (Å²) in [7, 11) is 0. The first-order valence-electron chi connectivity index (χ1n) is 8.03. The molecular weight excluding hydrogens is 252 g/mol. The summed E-state index contributed by atoms with van der Waals surface area (Å²) >= 11 is 0. The fourth-order valence-corrected chi connectivity index (χ4v) is 4.57. The van der Waals surface area contributed by atoms with Gasteiger partial charge in [-0.1, -0.05) is 44.8 Å². The molecule has 0 aromatic rings. The monoisotopic (exact) mass is 276 g/mol. The molecule has 0 bridgehead atoms. The highest BCUT2D eigenvalue weighted by Crippen LogP contribution is 2.52. The Morgan fingerprint density at radius 3 is 2.45 bits per heavy atom. The summed E-state index contributed by atoms with van der Waals surface area (Å²) in [6.07, 6.45) is 13.3. The summed E-state index contributed by atoms with van der Waals surface area (Å²) in [4.78, 5) is 24.2. The van der Waals surface area contributed by atoms with E-state index in [0.717, 1.165) is 6.42 Å². The smallest absolute Gasteiger partial charge is 0.318 e. The average Bonchev–Trinajstić information content (AvgIpc) is 2.67. The van der Waals surface area contributed by atoms with Crippen LogP contribution in [0, 0.1) is 23.2 Å². The largest absolute Gasteiger partial charge is 0.393 e. The first-order valence-corrected chi connectivity index (χ1v) is 8.03. The molecule has 0 aromatic carbocycles. The number of ether oxygens (including phenoxy) is 1. The molecule has 1 aliphatic heterocycles. The lowest BCUT2D eigenvalue weighted by molar-refractivity contribution is -0.155. The van der Waals surface area contributed by atoms with Crippen LogP contribution < -0.4 is 0 Å². The second-order valence-electron chi connectivity index (χ2n) is 6.93. The average molecular weight is 276 g/mol. The summed E-state index contributed by atoms with van der Waals surface area (Å²) in [5, 5.41) is 0. The minimum Gasteiger partial charge on any atom is -0.393 e. The van der Waals surface area contributed by atoms with Crippen molar-refractivity contribution < 1.29 is 14.3 Å². The lowest BCUT2D eigenvalue weighted by atomic mass is 9.61. The minimum absolute atomic E-state index is 0.106. The van der Waals surface area contributed by atoms with E-state index in [1.165, 1.54) is 38.5 Å². The van der Waals surface area contributed by atoms with Gasteiger partial charge in [-0.2, -0.15) is 0 Å². The molecule has 0 aromatic heterocycles. The molecule has 3 unspecified atom stereocenters. The Morgan fingerprint density at radius 2 is 1.75 bits per heavy atom. The Hall–Kier alpha value is -1.12. The number of hydrogen-bond donors (Lipinski definition) is 0. The maximum atomic E-state index is 12.2. The van der Waals surface area contributed by atoms with Gasteiger partial charge >= 0.3 is 11.9 Å². The second kappa shape index (κ2) is 5.34. The Bertz CT molecular complexity index is 432. The lowest BCUT2D eigenvalue weighted by Crippen LogP contribution is -2.40. The minimum atomic E-state index is -0.300. The van der Waals surface area contributed by atoms with Gasteiger partial charge in [0.1, 0.15) is 0 Å². The zero-order chi connectivity index (χ0) is 14.2. The van der Waals surface area contributed by atoms with Crippen LogP contribution in [0.1, 0.15) is 58.3 Å². The van der Waals surface area contributed by atoms with Crippen molar-refractivity contribution in [2.45, 2.75) is 58.3 Å². The first-order chi connectivity index (χ1) is 9.63.